The Morgan fingerprint density at radius 3 is 1.85 bits per heavy atom. The fraction of sp³-hybridized carbons (Fsp3) is 0.143. The van der Waals surface area contributed by atoms with Gasteiger partial charge in [-0.2, -0.15) is 0 Å². The van der Waals surface area contributed by atoms with E-state index >= 15 is 0 Å². The first-order valence-electron chi connectivity index (χ1n) is 12.4. The average molecular weight is 523 g/mol. The van der Waals surface area contributed by atoms with Gasteiger partial charge in [0.25, 0.3) is 0 Å². The zero-order valence-electron chi connectivity index (χ0n) is 20.5. The van der Waals surface area contributed by atoms with Crippen molar-refractivity contribution in [3.63, 3.8) is 0 Å². The molecule has 0 spiro atoms. The van der Waals surface area contributed by atoms with Gasteiger partial charge in [-0.1, -0.05) is 54.6 Å². The number of nitrogens with zero attached hydrogens (tertiary/aromatic N) is 6. The van der Waals surface area contributed by atoms with Gasteiger partial charge in [0.15, 0.2) is 0 Å². The Hall–Kier alpha value is -5.32. The van der Waals surface area contributed by atoms with Gasteiger partial charge in [-0.25, -0.2) is 47.0 Å². The maximum Gasteiger partial charge on any atom is 0.352 e. The lowest BCUT2D eigenvalue weighted by molar-refractivity contribution is 0.246. The van der Waals surface area contributed by atoms with Gasteiger partial charge >= 0.3 is 22.8 Å². The van der Waals surface area contributed by atoms with E-state index in [9.17, 15) is 24.3 Å². The summed E-state index contributed by atoms with van der Waals surface area (Å²) in [5.41, 5.74) is -0.0404. The highest BCUT2D eigenvalue weighted by Crippen LogP contribution is 2.39. The summed E-state index contributed by atoms with van der Waals surface area (Å²) in [5.74, 6) is -0.000207. The number of rotatable bonds is 3. The van der Waals surface area contributed by atoms with Crippen molar-refractivity contribution in [3.05, 3.63) is 144 Å². The number of hydrogen-bond donors (Lipinski definition) is 1. The summed E-state index contributed by atoms with van der Waals surface area (Å²) >= 11 is 0. The summed E-state index contributed by atoms with van der Waals surface area (Å²) in [6.07, 6.45) is 1.83. The van der Waals surface area contributed by atoms with Gasteiger partial charge in [0.2, 0.25) is 0 Å². The number of benzene rings is 3. The predicted octanol–water partition coefficient (Wildman–Crippen LogP) is 1.40. The minimum absolute atomic E-state index is 0.000207. The highest BCUT2D eigenvalue weighted by Gasteiger charge is 2.41. The molecule has 3 aromatic carbocycles. The second-order valence-corrected chi connectivity index (χ2v) is 9.54. The second-order valence-electron chi connectivity index (χ2n) is 9.54. The van der Waals surface area contributed by atoms with Crippen LogP contribution >= 0.6 is 0 Å². The minimum Gasteiger partial charge on any atom is -0.508 e. The summed E-state index contributed by atoms with van der Waals surface area (Å²) in [5, 5.41) is 10.3. The molecule has 0 fully saturated rings. The number of hydrogen-bond acceptors (Lipinski definition) is 5. The van der Waals surface area contributed by atoms with Crippen molar-refractivity contribution in [2.75, 3.05) is 0 Å². The highest BCUT2D eigenvalue weighted by molar-refractivity contribution is 5.39. The average Bonchev–Trinajstić information content (AvgIpc) is 3.36. The Morgan fingerprint density at radius 1 is 0.641 bits per heavy atom. The third-order valence-corrected chi connectivity index (χ3v) is 7.42. The van der Waals surface area contributed by atoms with Crippen LogP contribution in [0, 0.1) is 0 Å². The molecule has 11 heteroatoms. The SMILES string of the molecule is O=c1n(-c2ccccc2)c(=O)n2n1CC=C1C2Cn2c(=O)n(-c3ccccc3)c(=O)n2C1c1cccc(O)c1. The summed E-state index contributed by atoms with van der Waals surface area (Å²) in [6.45, 7) is 0.0701. The Labute approximate surface area is 219 Å². The zero-order valence-corrected chi connectivity index (χ0v) is 20.5. The van der Waals surface area contributed by atoms with Gasteiger partial charge in [0.1, 0.15) is 11.8 Å². The topological polar surface area (TPSA) is 118 Å². The van der Waals surface area contributed by atoms with E-state index in [1.165, 1.54) is 30.9 Å². The van der Waals surface area contributed by atoms with Crippen LogP contribution in [0.15, 0.2) is 116 Å². The van der Waals surface area contributed by atoms with Gasteiger partial charge < -0.3 is 5.11 Å². The van der Waals surface area contributed by atoms with E-state index in [4.69, 9.17) is 0 Å². The molecule has 2 atom stereocenters. The number of allylic oxidation sites excluding steroid dienone is 2. The van der Waals surface area contributed by atoms with Gasteiger partial charge in [-0.15, -0.1) is 0 Å². The third kappa shape index (κ3) is 3.22. The molecule has 0 amide bonds. The minimum atomic E-state index is -0.795. The van der Waals surface area contributed by atoms with E-state index < -0.39 is 34.8 Å². The maximum absolute atomic E-state index is 13.8. The normalized spacial score (nSPS) is 17.7. The summed E-state index contributed by atoms with van der Waals surface area (Å²) in [4.78, 5) is 54.7. The number of aromatic hydroxyl groups is 1. The molecule has 2 unspecified atom stereocenters. The van der Waals surface area contributed by atoms with Gasteiger partial charge in [-0.05, 0) is 47.5 Å². The maximum atomic E-state index is 13.8. The van der Waals surface area contributed by atoms with Gasteiger partial charge in [-0.3, -0.25) is 0 Å². The van der Waals surface area contributed by atoms with E-state index in [0.717, 1.165) is 9.13 Å². The lowest BCUT2D eigenvalue weighted by Gasteiger charge is -2.37. The smallest absolute Gasteiger partial charge is 0.352 e. The van der Waals surface area contributed by atoms with E-state index in [0.29, 0.717) is 22.5 Å². The zero-order chi connectivity index (χ0) is 26.8. The molecule has 4 heterocycles. The number of fused-ring (bicyclic) bond motifs is 4. The van der Waals surface area contributed by atoms with Crippen LogP contribution in [0.5, 0.6) is 5.75 Å². The van der Waals surface area contributed by atoms with E-state index in [2.05, 4.69) is 0 Å². The summed E-state index contributed by atoms with van der Waals surface area (Å²) < 4.78 is 7.63. The Morgan fingerprint density at radius 2 is 1.23 bits per heavy atom. The summed E-state index contributed by atoms with van der Waals surface area (Å²) in [7, 11) is 0. The van der Waals surface area contributed by atoms with Crippen LogP contribution in [0.25, 0.3) is 11.4 Å². The lowest BCUT2D eigenvalue weighted by Crippen LogP contribution is -2.46. The van der Waals surface area contributed by atoms with Crippen LogP contribution in [-0.4, -0.2) is 33.0 Å². The molecule has 11 nitrogen and oxygen atoms in total. The van der Waals surface area contributed by atoms with Crippen LogP contribution in [0.3, 0.4) is 0 Å². The van der Waals surface area contributed by atoms with E-state index in [1.807, 2.05) is 6.08 Å². The van der Waals surface area contributed by atoms with E-state index in [-0.39, 0.29) is 18.8 Å². The van der Waals surface area contributed by atoms with Crippen molar-refractivity contribution >= 4 is 0 Å². The molecule has 0 aliphatic carbocycles. The molecular weight excluding hydrogens is 500 g/mol. The molecule has 0 saturated heterocycles. The van der Waals surface area contributed by atoms with Crippen molar-refractivity contribution in [2.24, 2.45) is 0 Å². The van der Waals surface area contributed by atoms with Crippen LogP contribution in [0.4, 0.5) is 0 Å². The molecule has 0 bridgehead atoms. The van der Waals surface area contributed by atoms with Crippen molar-refractivity contribution < 1.29 is 5.11 Å². The predicted molar refractivity (Wildman–Crippen MR) is 142 cm³/mol. The van der Waals surface area contributed by atoms with Crippen molar-refractivity contribution in [1.29, 1.82) is 0 Å². The molecule has 2 aromatic heterocycles. The quantitative estimate of drug-likeness (QED) is 0.360. The Bertz CT molecular complexity index is 2020. The first-order chi connectivity index (χ1) is 19.0. The standard InChI is InChI=1S/C28H22N6O5/c35-21-13-7-8-18(16-21)24-22-14-15-29-25(36)31(19-9-3-1-4-10-19)27(38)33(29)23(22)17-30-26(37)32(28(39)34(24)30)20-11-5-2-6-12-20/h1-14,16,23-24,35H,15,17H2. The molecule has 7 rings (SSSR count). The van der Waals surface area contributed by atoms with Crippen LogP contribution in [0.2, 0.25) is 0 Å². The number of phenolic OH excluding ortho intramolecular Hbond substituents is 1. The monoisotopic (exact) mass is 522 g/mol. The van der Waals surface area contributed by atoms with E-state index in [1.54, 1.807) is 72.8 Å². The van der Waals surface area contributed by atoms with Crippen molar-refractivity contribution in [1.82, 2.24) is 27.9 Å². The summed E-state index contributed by atoms with van der Waals surface area (Å²) in [6, 6.07) is 22.2. The van der Waals surface area contributed by atoms with Crippen LogP contribution in [-0.2, 0) is 13.1 Å². The first kappa shape index (κ1) is 22.8. The van der Waals surface area contributed by atoms with Gasteiger partial charge in [0, 0.05) is 0 Å². The lowest BCUT2D eigenvalue weighted by atomic mass is 9.90. The molecule has 1 N–H and O–H groups in total. The fourth-order valence-electron chi connectivity index (χ4n) is 5.75. The van der Waals surface area contributed by atoms with Crippen molar-refractivity contribution in [2.45, 2.75) is 25.2 Å². The fourth-order valence-corrected chi connectivity index (χ4v) is 5.75. The molecule has 2 aliphatic heterocycles. The van der Waals surface area contributed by atoms with Crippen LogP contribution < -0.4 is 22.8 Å². The van der Waals surface area contributed by atoms with Crippen LogP contribution in [0.1, 0.15) is 17.6 Å². The second kappa shape index (κ2) is 8.35. The highest BCUT2D eigenvalue weighted by atomic mass is 16.3. The molecular formula is C28H22N6O5. The largest absolute Gasteiger partial charge is 0.508 e. The first-order valence-corrected chi connectivity index (χ1v) is 12.4. The van der Waals surface area contributed by atoms with Crippen molar-refractivity contribution in [3.8, 4) is 17.1 Å². The number of phenols is 1. The number of aromatic nitrogens is 6. The number of para-hydroxylation sites is 2. The molecule has 2 aliphatic rings. The molecule has 0 radical (unpaired) electrons. The molecule has 0 saturated carbocycles. The third-order valence-electron chi connectivity index (χ3n) is 7.42. The molecule has 39 heavy (non-hydrogen) atoms. The van der Waals surface area contributed by atoms with Gasteiger partial charge in [0.05, 0.1) is 30.5 Å². The molecule has 5 aromatic rings. The Kier molecular flexibility index (Phi) is 4.89. The molecule has 194 valence electrons. The Balaban J connectivity index is 1.50.